The summed E-state index contributed by atoms with van der Waals surface area (Å²) in [7, 11) is 1.89. The molecule has 0 atom stereocenters. The Labute approximate surface area is 155 Å². The lowest BCUT2D eigenvalue weighted by Crippen LogP contribution is -2.04. The van der Waals surface area contributed by atoms with Crippen LogP contribution in [0.5, 0.6) is 0 Å². The third kappa shape index (κ3) is 2.69. The second-order valence-corrected chi connectivity index (χ2v) is 6.37. The molecule has 27 heavy (non-hydrogen) atoms. The summed E-state index contributed by atoms with van der Waals surface area (Å²) in [6.07, 6.45) is 7.55. The van der Waals surface area contributed by atoms with Gasteiger partial charge in [0.15, 0.2) is 0 Å². The first kappa shape index (κ1) is 15.5. The zero-order valence-corrected chi connectivity index (χ0v) is 14.8. The van der Waals surface area contributed by atoms with Crippen LogP contribution in [0.1, 0.15) is 5.56 Å². The maximum absolute atomic E-state index is 4.63. The normalized spacial score (nSPS) is 11.3. The predicted molar refractivity (Wildman–Crippen MR) is 102 cm³/mol. The fourth-order valence-electron chi connectivity index (χ4n) is 3.33. The number of aromatic nitrogens is 7. The number of rotatable bonds is 4. The summed E-state index contributed by atoms with van der Waals surface area (Å²) in [6.45, 7) is 0.694. The van der Waals surface area contributed by atoms with Gasteiger partial charge in [0.05, 0.1) is 12.1 Å². The van der Waals surface area contributed by atoms with Crippen molar-refractivity contribution in [3.05, 3.63) is 78.9 Å². The van der Waals surface area contributed by atoms with E-state index in [9.17, 15) is 0 Å². The Morgan fingerprint density at radius 2 is 1.89 bits per heavy atom. The maximum Gasteiger partial charge on any atom is 0.144 e. The number of aryl methyl sites for hydroxylation is 1. The van der Waals surface area contributed by atoms with Gasteiger partial charge < -0.3 is 0 Å². The van der Waals surface area contributed by atoms with Crippen LogP contribution in [0.15, 0.2) is 73.3 Å². The summed E-state index contributed by atoms with van der Waals surface area (Å²) in [5.74, 6) is 0.890. The predicted octanol–water partition coefficient (Wildman–Crippen LogP) is 3.07. The highest BCUT2D eigenvalue weighted by Gasteiger charge is 2.13. The number of benzene rings is 2. The van der Waals surface area contributed by atoms with E-state index < -0.39 is 0 Å². The van der Waals surface area contributed by atoms with E-state index in [1.54, 1.807) is 10.9 Å². The Hall–Kier alpha value is -3.74. The van der Waals surface area contributed by atoms with Gasteiger partial charge in [-0.1, -0.05) is 29.5 Å². The van der Waals surface area contributed by atoms with Crippen LogP contribution in [0, 0.1) is 0 Å². The minimum Gasteiger partial charge on any atom is -0.300 e. The van der Waals surface area contributed by atoms with Crippen molar-refractivity contribution < 1.29 is 0 Å². The molecule has 0 unspecified atom stereocenters. The van der Waals surface area contributed by atoms with Crippen molar-refractivity contribution in [2.24, 2.45) is 7.05 Å². The van der Waals surface area contributed by atoms with Gasteiger partial charge in [-0.05, 0) is 29.8 Å². The van der Waals surface area contributed by atoms with E-state index in [1.807, 2.05) is 60.7 Å². The second kappa shape index (κ2) is 6.21. The molecule has 3 heterocycles. The first-order valence-electron chi connectivity index (χ1n) is 8.68. The van der Waals surface area contributed by atoms with Crippen molar-refractivity contribution in [2.45, 2.75) is 6.54 Å². The zero-order chi connectivity index (χ0) is 18.2. The fourth-order valence-corrected chi connectivity index (χ4v) is 3.33. The quantitative estimate of drug-likeness (QED) is 0.497. The standard InChI is InChI=1S/C20H17N7/c1-25-19-8-7-16(13-18(19)23-24-25)27-12-10-21-20(27)17-6-3-2-5-15(17)14-26-11-4-9-22-26/h2-13H,14H2,1H3. The molecule has 5 rings (SSSR count). The highest BCUT2D eigenvalue weighted by Crippen LogP contribution is 2.26. The molecule has 2 aromatic carbocycles. The molecule has 0 aliphatic heterocycles. The Morgan fingerprint density at radius 1 is 0.963 bits per heavy atom. The minimum absolute atomic E-state index is 0.694. The van der Waals surface area contributed by atoms with Crippen LogP contribution in [0.2, 0.25) is 0 Å². The lowest BCUT2D eigenvalue weighted by molar-refractivity contribution is 0.687. The summed E-state index contributed by atoms with van der Waals surface area (Å²) >= 11 is 0. The topological polar surface area (TPSA) is 66.3 Å². The van der Waals surface area contributed by atoms with Gasteiger partial charge in [0.2, 0.25) is 0 Å². The zero-order valence-electron chi connectivity index (χ0n) is 14.8. The van der Waals surface area contributed by atoms with Gasteiger partial charge in [-0.2, -0.15) is 5.10 Å². The van der Waals surface area contributed by atoms with Gasteiger partial charge in [0, 0.05) is 43.1 Å². The molecule has 0 saturated carbocycles. The number of hydrogen-bond donors (Lipinski definition) is 0. The van der Waals surface area contributed by atoms with Crippen LogP contribution in [-0.4, -0.2) is 34.3 Å². The average molecular weight is 355 g/mol. The van der Waals surface area contributed by atoms with E-state index >= 15 is 0 Å². The van der Waals surface area contributed by atoms with Crippen molar-refractivity contribution in [1.29, 1.82) is 0 Å². The molecule has 0 saturated heterocycles. The molecule has 0 amide bonds. The van der Waals surface area contributed by atoms with Gasteiger partial charge >= 0.3 is 0 Å². The molecule has 5 aromatic rings. The summed E-state index contributed by atoms with van der Waals surface area (Å²) in [5.41, 5.74) is 5.11. The molecule has 0 aliphatic rings. The third-order valence-corrected chi connectivity index (χ3v) is 4.66. The number of fused-ring (bicyclic) bond motifs is 1. The first-order valence-corrected chi connectivity index (χ1v) is 8.68. The number of imidazole rings is 1. The fraction of sp³-hybridized carbons (Fsp3) is 0.100. The minimum atomic E-state index is 0.694. The van der Waals surface area contributed by atoms with Crippen molar-refractivity contribution >= 4 is 11.0 Å². The second-order valence-electron chi connectivity index (χ2n) is 6.37. The molecular weight excluding hydrogens is 338 g/mol. The summed E-state index contributed by atoms with van der Waals surface area (Å²) in [4.78, 5) is 4.63. The summed E-state index contributed by atoms with van der Waals surface area (Å²) in [5, 5.41) is 12.6. The molecular formula is C20H17N7. The molecule has 0 radical (unpaired) electrons. The highest BCUT2D eigenvalue weighted by molar-refractivity contribution is 5.77. The van der Waals surface area contributed by atoms with Crippen LogP contribution < -0.4 is 0 Å². The number of nitrogens with zero attached hydrogens (tertiary/aromatic N) is 7. The Balaban J connectivity index is 1.61. The van der Waals surface area contributed by atoms with Crippen LogP contribution in [0.4, 0.5) is 0 Å². The molecule has 0 aliphatic carbocycles. The monoisotopic (exact) mass is 355 g/mol. The largest absolute Gasteiger partial charge is 0.300 e. The Morgan fingerprint density at radius 3 is 2.78 bits per heavy atom. The Kier molecular flexibility index (Phi) is 3.57. The average Bonchev–Trinajstić information content (AvgIpc) is 3.44. The van der Waals surface area contributed by atoms with Gasteiger partial charge in [0.1, 0.15) is 11.3 Å². The van der Waals surface area contributed by atoms with Gasteiger partial charge in [0.25, 0.3) is 0 Å². The molecule has 0 spiro atoms. The van der Waals surface area contributed by atoms with Gasteiger partial charge in [-0.15, -0.1) is 5.10 Å². The molecule has 0 N–H and O–H groups in total. The van der Waals surface area contributed by atoms with E-state index in [-0.39, 0.29) is 0 Å². The smallest absolute Gasteiger partial charge is 0.144 e. The van der Waals surface area contributed by atoms with E-state index in [0.29, 0.717) is 6.54 Å². The van der Waals surface area contributed by atoms with Crippen molar-refractivity contribution in [1.82, 2.24) is 34.3 Å². The number of hydrogen-bond acceptors (Lipinski definition) is 4. The van der Waals surface area contributed by atoms with Crippen molar-refractivity contribution in [2.75, 3.05) is 0 Å². The summed E-state index contributed by atoms with van der Waals surface area (Å²) < 4.78 is 5.76. The SMILES string of the molecule is Cn1nnc2cc(-n3ccnc3-c3ccccc3Cn3cccn3)ccc21. The maximum atomic E-state index is 4.63. The first-order chi connectivity index (χ1) is 13.3. The molecule has 132 valence electrons. The van der Waals surface area contributed by atoms with Gasteiger partial charge in [-0.3, -0.25) is 9.25 Å². The van der Waals surface area contributed by atoms with Crippen molar-refractivity contribution in [3.8, 4) is 17.1 Å². The Bertz CT molecular complexity index is 1210. The molecule has 7 nitrogen and oxygen atoms in total. The van der Waals surface area contributed by atoms with E-state index in [4.69, 9.17) is 0 Å². The molecule has 0 fully saturated rings. The molecule has 3 aromatic heterocycles. The summed E-state index contributed by atoms with van der Waals surface area (Å²) in [6, 6.07) is 16.3. The van der Waals surface area contributed by atoms with E-state index in [1.165, 1.54) is 0 Å². The van der Waals surface area contributed by atoms with Crippen molar-refractivity contribution in [3.63, 3.8) is 0 Å². The lowest BCUT2D eigenvalue weighted by atomic mass is 10.1. The van der Waals surface area contributed by atoms with Crippen LogP contribution in [-0.2, 0) is 13.6 Å². The van der Waals surface area contributed by atoms with Gasteiger partial charge in [-0.25, -0.2) is 9.67 Å². The van der Waals surface area contributed by atoms with E-state index in [0.717, 1.165) is 33.7 Å². The third-order valence-electron chi connectivity index (χ3n) is 4.66. The van der Waals surface area contributed by atoms with Crippen LogP contribution in [0.25, 0.3) is 28.1 Å². The molecule has 7 heteroatoms. The van der Waals surface area contributed by atoms with Crippen LogP contribution in [0.3, 0.4) is 0 Å². The highest BCUT2D eigenvalue weighted by atomic mass is 15.4. The van der Waals surface area contributed by atoms with Crippen LogP contribution >= 0.6 is 0 Å². The van der Waals surface area contributed by atoms with E-state index in [2.05, 4.69) is 43.2 Å². The molecule has 0 bridgehead atoms. The lowest BCUT2D eigenvalue weighted by Gasteiger charge is -2.12.